The molecule has 0 aliphatic heterocycles. The Morgan fingerprint density at radius 1 is 0.900 bits per heavy atom. The summed E-state index contributed by atoms with van der Waals surface area (Å²) in [5.41, 5.74) is 1.33. The van der Waals surface area contributed by atoms with Gasteiger partial charge in [0.15, 0.2) is 0 Å². The van der Waals surface area contributed by atoms with E-state index in [4.69, 9.17) is 4.74 Å². The summed E-state index contributed by atoms with van der Waals surface area (Å²) in [6, 6.07) is 7.95. The van der Waals surface area contributed by atoms with Crippen molar-refractivity contribution in [2.45, 2.75) is 71.6 Å². The highest BCUT2D eigenvalue weighted by Crippen LogP contribution is 2.15. The minimum absolute atomic E-state index is 0.142. The molecule has 1 aromatic rings. The molecule has 1 rings (SSSR count). The molecule has 0 N–H and O–H groups in total. The van der Waals surface area contributed by atoms with Crippen LogP contribution in [0.2, 0.25) is 0 Å². The third-order valence-corrected chi connectivity index (χ3v) is 3.43. The van der Waals surface area contributed by atoms with Crippen LogP contribution in [0, 0.1) is 0 Å². The van der Waals surface area contributed by atoms with E-state index < -0.39 is 0 Å². The largest absolute Gasteiger partial charge is 0.427 e. The lowest BCUT2D eigenvalue weighted by molar-refractivity contribution is -0.134. The van der Waals surface area contributed by atoms with Crippen molar-refractivity contribution in [2.75, 3.05) is 0 Å². The molecule has 0 radical (unpaired) electrons. The van der Waals surface area contributed by atoms with E-state index in [0.717, 1.165) is 12.8 Å². The Morgan fingerprint density at radius 3 is 2.20 bits per heavy atom. The summed E-state index contributed by atoms with van der Waals surface area (Å²) in [7, 11) is 0. The molecule has 0 saturated heterocycles. The minimum atomic E-state index is -0.142. The molecule has 0 heterocycles. The maximum atomic E-state index is 11.4. The van der Waals surface area contributed by atoms with Crippen LogP contribution in [0.25, 0.3) is 0 Å². The molecule has 0 atom stereocenters. The number of carbonyl (C=O) groups excluding carboxylic acids is 1. The van der Waals surface area contributed by atoms with Crippen LogP contribution in [-0.2, 0) is 11.2 Å². The van der Waals surface area contributed by atoms with Crippen LogP contribution in [0.15, 0.2) is 24.3 Å². The molecule has 0 saturated carbocycles. The van der Waals surface area contributed by atoms with Crippen molar-refractivity contribution < 1.29 is 9.53 Å². The van der Waals surface area contributed by atoms with Crippen molar-refractivity contribution in [3.8, 4) is 5.75 Å². The van der Waals surface area contributed by atoms with Crippen molar-refractivity contribution in [2.24, 2.45) is 0 Å². The molecule has 1 aromatic carbocycles. The predicted octanol–water partition coefficient (Wildman–Crippen LogP) is 5.30. The molecule has 0 fully saturated rings. The highest BCUT2D eigenvalue weighted by atomic mass is 16.5. The molecule has 0 bridgehead atoms. The van der Waals surface area contributed by atoms with Gasteiger partial charge in [-0.15, -0.1) is 0 Å². The van der Waals surface area contributed by atoms with E-state index in [1.807, 2.05) is 19.1 Å². The Hall–Kier alpha value is -1.31. The molecule has 0 unspecified atom stereocenters. The lowest BCUT2D eigenvalue weighted by Crippen LogP contribution is -2.06. The van der Waals surface area contributed by atoms with Gasteiger partial charge in [-0.2, -0.15) is 0 Å². The van der Waals surface area contributed by atoms with Gasteiger partial charge in [0.25, 0.3) is 0 Å². The van der Waals surface area contributed by atoms with E-state index in [0.29, 0.717) is 12.2 Å². The smallest absolute Gasteiger partial charge is 0.311 e. The molecule has 0 aromatic heterocycles. The third kappa shape index (κ3) is 7.32. The third-order valence-electron chi connectivity index (χ3n) is 3.43. The fourth-order valence-corrected chi connectivity index (χ4v) is 2.22. The van der Waals surface area contributed by atoms with Gasteiger partial charge in [-0.05, 0) is 37.0 Å². The van der Waals surface area contributed by atoms with E-state index in [9.17, 15) is 4.79 Å². The first-order valence-electron chi connectivity index (χ1n) is 8.06. The van der Waals surface area contributed by atoms with Crippen LogP contribution < -0.4 is 4.74 Å². The Morgan fingerprint density at radius 2 is 1.55 bits per heavy atom. The average molecular weight is 276 g/mol. The van der Waals surface area contributed by atoms with Crippen LogP contribution in [0.1, 0.15) is 70.8 Å². The first kappa shape index (κ1) is 16.7. The van der Waals surface area contributed by atoms with Crippen molar-refractivity contribution in [1.29, 1.82) is 0 Å². The molecular weight excluding hydrogens is 248 g/mol. The van der Waals surface area contributed by atoms with Gasteiger partial charge < -0.3 is 4.74 Å². The highest BCUT2D eigenvalue weighted by molar-refractivity contribution is 5.72. The number of benzene rings is 1. The van der Waals surface area contributed by atoms with Gasteiger partial charge >= 0.3 is 5.97 Å². The molecule has 2 nitrogen and oxygen atoms in total. The summed E-state index contributed by atoms with van der Waals surface area (Å²) in [5, 5.41) is 0. The van der Waals surface area contributed by atoms with Gasteiger partial charge in [0.05, 0.1) is 0 Å². The number of hydrogen-bond donors (Lipinski definition) is 0. The Balaban J connectivity index is 2.23. The average Bonchev–Trinajstić information content (AvgIpc) is 2.45. The number of aryl methyl sites for hydroxylation is 1. The molecule has 0 spiro atoms. The Labute approximate surface area is 123 Å². The number of ether oxygens (including phenoxy) is 1. The molecule has 0 aliphatic rings. The highest BCUT2D eigenvalue weighted by Gasteiger charge is 2.03. The van der Waals surface area contributed by atoms with Crippen molar-refractivity contribution in [1.82, 2.24) is 0 Å². The summed E-state index contributed by atoms with van der Waals surface area (Å²) < 4.78 is 5.24. The van der Waals surface area contributed by atoms with Crippen LogP contribution in [0.5, 0.6) is 5.75 Å². The quantitative estimate of drug-likeness (QED) is 0.329. The summed E-state index contributed by atoms with van der Waals surface area (Å²) in [5.74, 6) is 0.520. The summed E-state index contributed by atoms with van der Waals surface area (Å²) in [6.45, 7) is 4.22. The molecule has 0 amide bonds. The topological polar surface area (TPSA) is 26.3 Å². The zero-order valence-corrected chi connectivity index (χ0v) is 13.0. The second-order valence-electron chi connectivity index (χ2n) is 5.39. The molecule has 20 heavy (non-hydrogen) atoms. The number of carbonyl (C=O) groups is 1. The number of rotatable bonds is 10. The SMILES string of the molecule is CCCCCCCCc1ccc(OC(=O)CCC)cc1. The van der Waals surface area contributed by atoms with Crippen molar-refractivity contribution in [3.63, 3.8) is 0 Å². The maximum Gasteiger partial charge on any atom is 0.311 e. The van der Waals surface area contributed by atoms with Gasteiger partial charge in [0.1, 0.15) is 5.75 Å². The lowest BCUT2D eigenvalue weighted by atomic mass is 10.0. The molecular formula is C18H28O2. The summed E-state index contributed by atoms with van der Waals surface area (Å²) >= 11 is 0. The van der Waals surface area contributed by atoms with E-state index >= 15 is 0 Å². The second kappa shape index (κ2) is 10.5. The lowest BCUT2D eigenvalue weighted by Gasteiger charge is -2.05. The Bertz CT molecular complexity index is 368. The first-order chi connectivity index (χ1) is 9.76. The Kier molecular flexibility index (Phi) is 8.77. The maximum absolute atomic E-state index is 11.4. The van der Waals surface area contributed by atoms with E-state index in [1.165, 1.54) is 44.1 Å². The van der Waals surface area contributed by atoms with Crippen LogP contribution >= 0.6 is 0 Å². The minimum Gasteiger partial charge on any atom is -0.427 e. The van der Waals surface area contributed by atoms with Crippen LogP contribution in [-0.4, -0.2) is 5.97 Å². The number of hydrogen-bond acceptors (Lipinski definition) is 2. The van der Waals surface area contributed by atoms with Crippen molar-refractivity contribution >= 4 is 5.97 Å². The van der Waals surface area contributed by atoms with Crippen molar-refractivity contribution in [3.05, 3.63) is 29.8 Å². The fourth-order valence-electron chi connectivity index (χ4n) is 2.22. The number of unbranched alkanes of at least 4 members (excludes halogenated alkanes) is 5. The predicted molar refractivity (Wildman–Crippen MR) is 84.1 cm³/mol. The second-order valence-corrected chi connectivity index (χ2v) is 5.39. The van der Waals surface area contributed by atoms with Gasteiger partial charge in [0.2, 0.25) is 0 Å². The van der Waals surface area contributed by atoms with Crippen LogP contribution in [0.4, 0.5) is 0 Å². The number of esters is 1. The first-order valence-corrected chi connectivity index (χ1v) is 8.06. The molecule has 112 valence electrons. The fraction of sp³-hybridized carbons (Fsp3) is 0.611. The zero-order valence-electron chi connectivity index (χ0n) is 13.0. The van der Waals surface area contributed by atoms with Gasteiger partial charge in [-0.25, -0.2) is 0 Å². The van der Waals surface area contributed by atoms with E-state index in [1.54, 1.807) is 0 Å². The molecule has 0 aliphatic carbocycles. The monoisotopic (exact) mass is 276 g/mol. The van der Waals surface area contributed by atoms with Gasteiger partial charge in [0, 0.05) is 6.42 Å². The van der Waals surface area contributed by atoms with E-state index in [-0.39, 0.29) is 5.97 Å². The zero-order chi connectivity index (χ0) is 14.6. The summed E-state index contributed by atoms with van der Waals surface area (Å²) in [6.07, 6.45) is 10.4. The van der Waals surface area contributed by atoms with Gasteiger partial charge in [-0.3, -0.25) is 4.79 Å². The molecule has 2 heteroatoms. The van der Waals surface area contributed by atoms with Gasteiger partial charge in [-0.1, -0.05) is 58.1 Å². The van der Waals surface area contributed by atoms with Crippen LogP contribution in [0.3, 0.4) is 0 Å². The normalized spacial score (nSPS) is 10.5. The van der Waals surface area contributed by atoms with E-state index in [2.05, 4.69) is 19.1 Å². The summed E-state index contributed by atoms with van der Waals surface area (Å²) in [4.78, 5) is 11.4. The standard InChI is InChI=1S/C18H28O2/c1-3-5-6-7-8-9-11-16-12-14-17(15-13-16)20-18(19)10-4-2/h12-15H,3-11H2,1-2H3.